The maximum absolute atomic E-state index is 11.5. The highest BCUT2D eigenvalue weighted by molar-refractivity contribution is 7.82. The normalized spacial score (nSPS) is 15.8. The number of carbonyl (C=O) groups is 2. The van der Waals surface area contributed by atoms with Crippen LogP contribution >= 0.6 is 12.2 Å². The molecule has 0 unspecified atom stereocenters. The summed E-state index contributed by atoms with van der Waals surface area (Å²) in [6.07, 6.45) is 0.0885. The van der Waals surface area contributed by atoms with Gasteiger partial charge in [0.25, 0.3) is 0 Å². The van der Waals surface area contributed by atoms with E-state index in [4.69, 9.17) is 12.2 Å². The van der Waals surface area contributed by atoms with E-state index in [1.54, 1.807) is 24.3 Å². The average molecular weight is 190 g/mol. The van der Waals surface area contributed by atoms with Crippen molar-refractivity contribution in [3.05, 3.63) is 35.4 Å². The number of hydrogen-bond acceptors (Lipinski definition) is 3. The van der Waals surface area contributed by atoms with Crippen molar-refractivity contribution in [2.45, 2.75) is 6.42 Å². The molecule has 1 aromatic carbocycles. The Balaban J connectivity index is 2.67. The molecule has 1 aromatic rings. The van der Waals surface area contributed by atoms with E-state index in [1.807, 2.05) is 0 Å². The molecule has 0 aromatic heterocycles. The van der Waals surface area contributed by atoms with Gasteiger partial charge < -0.3 is 0 Å². The molecule has 0 atom stereocenters. The predicted molar refractivity (Wildman–Crippen MR) is 52.3 cm³/mol. The minimum Gasteiger partial charge on any atom is -0.294 e. The molecule has 0 bridgehead atoms. The van der Waals surface area contributed by atoms with Gasteiger partial charge in [-0.2, -0.15) is 0 Å². The lowest BCUT2D eigenvalue weighted by molar-refractivity contribution is 0.0967. The Morgan fingerprint density at radius 3 is 2.38 bits per heavy atom. The molecule has 64 valence electrons. The Morgan fingerprint density at radius 2 is 1.69 bits per heavy atom. The summed E-state index contributed by atoms with van der Waals surface area (Å²) in [7, 11) is 0. The molecule has 0 amide bonds. The molecule has 0 heterocycles. The number of hydrogen-bond donors (Lipinski definition) is 0. The first-order valence-corrected chi connectivity index (χ1v) is 4.31. The number of thiocarbonyl (C=S) groups is 1. The van der Waals surface area contributed by atoms with Crippen molar-refractivity contribution in [3.63, 3.8) is 0 Å². The lowest BCUT2D eigenvalue weighted by Gasteiger charge is -2.13. The molecule has 1 aliphatic rings. The molecule has 0 saturated carbocycles. The number of fused-ring (bicyclic) bond motifs is 1. The van der Waals surface area contributed by atoms with Crippen LogP contribution in [0.3, 0.4) is 0 Å². The van der Waals surface area contributed by atoms with Crippen LogP contribution in [-0.2, 0) is 0 Å². The van der Waals surface area contributed by atoms with Crippen molar-refractivity contribution in [3.8, 4) is 0 Å². The van der Waals surface area contributed by atoms with Crippen LogP contribution in [0, 0.1) is 0 Å². The second-order valence-electron chi connectivity index (χ2n) is 2.90. The minimum absolute atomic E-state index is 0.0554. The standard InChI is InChI=1S/C10H6O2S/c11-8-5-9(13)10(12)7-4-2-1-3-6(7)8/h1-4H,5H2. The Bertz CT molecular complexity index is 421. The summed E-state index contributed by atoms with van der Waals surface area (Å²) in [6.45, 7) is 0. The molecule has 0 N–H and O–H groups in total. The van der Waals surface area contributed by atoms with Crippen LogP contribution in [0.2, 0.25) is 0 Å². The number of Topliss-reactive ketones (excluding diaryl/α,β-unsaturated/α-hetero) is 2. The summed E-state index contributed by atoms with van der Waals surface area (Å²) in [5.74, 6) is -0.231. The second kappa shape index (κ2) is 2.85. The van der Waals surface area contributed by atoms with Crippen LogP contribution in [-0.4, -0.2) is 16.4 Å². The van der Waals surface area contributed by atoms with Gasteiger partial charge in [0.2, 0.25) is 5.78 Å². The highest BCUT2D eigenvalue weighted by Crippen LogP contribution is 2.19. The number of benzene rings is 1. The maximum atomic E-state index is 11.5. The summed E-state index contributed by atoms with van der Waals surface area (Å²) < 4.78 is 0. The van der Waals surface area contributed by atoms with E-state index in [-0.39, 0.29) is 22.9 Å². The van der Waals surface area contributed by atoms with Crippen LogP contribution in [0.25, 0.3) is 0 Å². The Kier molecular flexibility index (Phi) is 1.81. The lowest BCUT2D eigenvalue weighted by atomic mass is 9.90. The summed E-state index contributed by atoms with van der Waals surface area (Å²) in [6, 6.07) is 6.79. The van der Waals surface area contributed by atoms with Crippen LogP contribution in [0.4, 0.5) is 0 Å². The third-order valence-corrected chi connectivity index (χ3v) is 2.38. The van der Waals surface area contributed by atoms with E-state index in [1.165, 1.54) is 0 Å². The Morgan fingerprint density at radius 1 is 1.08 bits per heavy atom. The molecule has 0 radical (unpaired) electrons. The van der Waals surface area contributed by atoms with Crippen molar-refractivity contribution >= 4 is 28.6 Å². The predicted octanol–water partition coefficient (Wildman–Crippen LogP) is 1.83. The largest absolute Gasteiger partial charge is 0.294 e. The smallest absolute Gasteiger partial charge is 0.200 e. The molecule has 0 aliphatic heterocycles. The molecule has 2 nitrogen and oxygen atoms in total. The summed E-state index contributed by atoms with van der Waals surface area (Å²) in [4.78, 5) is 23.1. The molecule has 0 fully saturated rings. The third kappa shape index (κ3) is 1.21. The van der Waals surface area contributed by atoms with E-state index < -0.39 is 0 Å². The van der Waals surface area contributed by atoms with E-state index >= 15 is 0 Å². The van der Waals surface area contributed by atoms with Gasteiger partial charge in [0.05, 0.1) is 11.3 Å². The molecule has 2 rings (SSSR count). The van der Waals surface area contributed by atoms with Crippen molar-refractivity contribution < 1.29 is 9.59 Å². The van der Waals surface area contributed by atoms with E-state index in [0.29, 0.717) is 11.1 Å². The SMILES string of the molecule is O=C1CC(=S)C(=O)c2ccccc21. The molecular formula is C10H6O2S. The fraction of sp³-hybridized carbons (Fsp3) is 0.100. The Labute approximate surface area is 80.6 Å². The van der Waals surface area contributed by atoms with Crippen molar-refractivity contribution in [1.82, 2.24) is 0 Å². The zero-order chi connectivity index (χ0) is 9.42. The molecule has 0 spiro atoms. The summed E-state index contributed by atoms with van der Waals surface area (Å²) in [5, 5.41) is 0. The zero-order valence-corrected chi connectivity index (χ0v) is 7.56. The highest BCUT2D eigenvalue weighted by atomic mass is 32.1. The van der Waals surface area contributed by atoms with Crippen LogP contribution < -0.4 is 0 Å². The van der Waals surface area contributed by atoms with Gasteiger partial charge in [0.15, 0.2) is 5.78 Å². The van der Waals surface area contributed by atoms with Crippen LogP contribution in [0.1, 0.15) is 27.1 Å². The summed E-state index contributed by atoms with van der Waals surface area (Å²) >= 11 is 4.81. The van der Waals surface area contributed by atoms with Gasteiger partial charge in [-0.25, -0.2) is 0 Å². The quantitative estimate of drug-likeness (QED) is 0.585. The molecule has 3 heteroatoms. The molecule has 13 heavy (non-hydrogen) atoms. The maximum Gasteiger partial charge on any atom is 0.200 e. The van der Waals surface area contributed by atoms with Crippen molar-refractivity contribution in [2.24, 2.45) is 0 Å². The van der Waals surface area contributed by atoms with Gasteiger partial charge in [0, 0.05) is 11.1 Å². The first kappa shape index (κ1) is 8.26. The molecule has 1 aliphatic carbocycles. The second-order valence-corrected chi connectivity index (χ2v) is 3.39. The first-order chi connectivity index (χ1) is 6.20. The zero-order valence-electron chi connectivity index (χ0n) is 6.74. The van der Waals surface area contributed by atoms with Gasteiger partial charge in [-0.3, -0.25) is 9.59 Å². The van der Waals surface area contributed by atoms with Gasteiger partial charge in [-0.05, 0) is 0 Å². The van der Waals surface area contributed by atoms with Gasteiger partial charge in [0.1, 0.15) is 0 Å². The first-order valence-electron chi connectivity index (χ1n) is 3.90. The molecule has 0 saturated heterocycles. The monoisotopic (exact) mass is 190 g/mol. The van der Waals surface area contributed by atoms with E-state index in [0.717, 1.165) is 0 Å². The fourth-order valence-corrected chi connectivity index (χ4v) is 1.64. The minimum atomic E-state index is -0.176. The number of carbonyl (C=O) groups excluding carboxylic acids is 2. The Hall–Kier alpha value is -1.35. The van der Waals surface area contributed by atoms with Gasteiger partial charge in [-0.1, -0.05) is 36.5 Å². The molecular weight excluding hydrogens is 184 g/mol. The van der Waals surface area contributed by atoms with Gasteiger partial charge in [-0.15, -0.1) is 0 Å². The highest BCUT2D eigenvalue weighted by Gasteiger charge is 2.26. The van der Waals surface area contributed by atoms with E-state index in [9.17, 15) is 9.59 Å². The van der Waals surface area contributed by atoms with E-state index in [2.05, 4.69) is 0 Å². The average Bonchev–Trinajstić information content (AvgIpc) is 2.15. The number of ketones is 2. The fourth-order valence-electron chi connectivity index (χ4n) is 1.40. The topological polar surface area (TPSA) is 34.1 Å². The summed E-state index contributed by atoms with van der Waals surface area (Å²) in [5.41, 5.74) is 0.949. The van der Waals surface area contributed by atoms with Crippen molar-refractivity contribution in [1.29, 1.82) is 0 Å². The van der Waals surface area contributed by atoms with Crippen molar-refractivity contribution in [2.75, 3.05) is 0 Å². The van der Waals surface area contributed by atoms with Crippen LogP contribution in [0.15, 0.2) is 24.3 Å². The van der Waals surface area contributed by atoms with Gasteiger partial charge >= 0.3 is 0 Å². The number of rotatable bonds is 0. The lowest BCUT2D eigenvalue weighted by Crippen LogP contribution is -2.25. The van der Waals surface area contributed by atoms with Crippen LogP contribution in [0.5, 0.6) is 0 Å². The third-order valence-electron chi connectivity index (χ3n) is 2.05.